The average molecular weight is 394 g/mol. The fraction of sp³-hybridized carbons (Fsp3) is 0.150. The Morgan fingerprint density at radius 1 is 1.14 bits per heavy atom. The van der Waals surface area contributed by atoms with Crippen LogP contribution in [-0.2, 0) is 17.9 Å². The van der Waals surface area contributed by atoms with E-state index in [1.165, 1.54) is 35.2 Å². The zero-order valence-electron chi connectivity index (χ0n) is 15.5. The number of halogens is 1. The summed E-state index contributed by atoms with van der Waals surface area (Å²) < 4.78 is 14.6. The van der Waals surface area contributed by atoms with Crippen LogP contribution in [0.15, 0.2) is 60.9 Å². The summed E-state index contributed by atoms with van der Waals surface area (Å²) in [5, 5.41) is 13.1. The van der Waals surface area contributed by atoms with E-state index < -0.39 is 0 Å². The molecule has 0 aliphatic rings. The lowest BCUT2D eigenvalue weighted by molar-refractivity contribution is -0.116. The third kappa shape index (κ3) is 6.35. The maximum atomic E-state index is 13.1. The van der Waals surface area contributed by atoms with Crippen LogP contribution >= 0.6 is 0 Å². The van der Waals surface area contributed by atoms with Gasteiger partial charge in [0.05, 0.1) is 25.0 Å². The van der Waals surface area contributed by atoms with E-state index in [9.17, 15) is 14.0 Å². The fourth-order valence-electron chi connectivity index (χ4n) is 2.41. The highest BCUT2D eigenvalue weighted by Gasteiger charge is 2.10. The van der Waals surface area contributed by atoms with Gasteiger partial charge < -0.3 is 10.6 Å². The predicted octanol–water partition coefficient (Wildman–Crippen LogP) is 1.57. The monoisotopic (exact) mass is 394 g/mol. The van der Waals surface area contributed by atoms with Gasteiger partial charge in [-0.1, -0.05) is 23.4 Å². The largest absolute Gasteiger partial charge is 0.351 e. The second kappa shape index (κ2) is 9.88. The van der Waals surface area contributed by atoms with Gasteiger partial charge in [-0.05, 0) is 35.9 Å². The number of rotatable bonds is 8. The van der Waals surface area contributed by atoms with Crippen molar-refractivity contribution in [2.24, 2.45) is 0 Å². The van der Waals surface area contributed by atoms with Crippen molar-refractivity contribution < 1.29 is 14.0 Å². The SMILES string of the molecule is O=C(C=Cc1cccc(F)c1)NCCn1cc(C(=O)NCc2ccccn2)nn1. The van der Waals surface area contributed by atoms with E-state index in [2.05, 4.69) is 25.9 Å². The highest BCUT2D eigenvalue weighted by atomic mass is 19.1. The van der Waals surface area contributed by atoms with Gasteiger partial charge in [0, 0.05) is 18.8 Å². The third-order valence-electron chi connectivity index (χ3n) is 3.84. The van der Waals surface area contributed by atoms with Crippen LogP contribution in [0.4, 0.5) is 4.39 Å². The van der Waals surface area contributed by atoms with Crippen molar-refractivity contribution in [3.63, 3.8) is 0 Å². The summed E-state index contributed by atoms with van der Waals surface area (Å²) in [5.41, 5.74) is 1.51. The van der Waals surface area contributed by atoms with Crippen molar-refractivity contribution in [1.82, 2.24) is 30.6 Å². The molecule has 2 heterocycles. The normalized spacial score (nSPS) is 10.8. The highest BCUT2D eigenvalue weighted by Crippen LogP contribution is 2.05. The molecular formula is C20H19FN6O2. The molecule has 2 N–H and O–H groups in total. The number of aromatic nitrogens is 4. The van der Waals surface area contributed by atoms with Crippen LogP contribution in [0.2, 0.25) is 0 Å². The van der Waals surface area contributed by atoms with Crippen molar-refractivity contribution in [2.75, 3.05) is 6.54 Å². The molecule has 3 rings (SSSR count). The van der Waals surface area contributed by atoms with E-state index in [0.29, 0.717) is 25.2 Å². The number of nitrogens with zero attached hydrogens (tertiary/aromatic N) is 4. The van der Waals surface area contributed by atoms with Gasteiger partial charge in [-0.25, -0.2) is 9.07 Å². The lowest BCUT2D eigenvalue weighted by atomic mass is 10.2. The number of nitrogens with one attached hydrogen (secondary N) is 2. The van der Waals surface area contributed by atoms with Crippen LogP contribution in [0.5, 0.6) is 0 Å². The minimum atomic E-state index is -0.362. The van der Waals surface area contributed by atoms with Gasteiger partial charge in [0.1, 0.15) is 5.82 Å². The molecule has 8 nitrogen and oxygen atoms in total. The Kier molecular flexibility index (Phi) is 6.77. The molecule has 148 valence electrons. The van der Waals surface area contributed by atoms with Crippen LogP contribution in [0.25, 0.3) is 6.08 Å². The lowest BCUT2D eigenvalue weighted by Crippen LogP contribution is -2.25. The first-order valence-electron chi connectivity index (χ1n) is 8.90. The van der Waals surface area contributed by atoms with Gasteiger partial charge in [-0.3, -0.25) is 14.6 Å². The molecule has 0 bridgehead atoms. The van der Waals surface area contributed by atoms with Gasteiger partial charge in [-0.2, -0.15) is 0 Å². The molecule has 0 unspecified atom stereocenters. The summed E-state index contributed by atoms with van der Waals surface area (Å²) in [6, 6.07) is 11.4. The Balaban J connectivity index is 1.41. The van der Waals surface area contributed by atoms with E-state index in [-0.39, 0.29) is 23.3 Å². The minimum Gasteiger partial charge on any atom is -0.351 e. The average Bonchev–Trinajstić information content (AvgIpc) is 3.20. The van der Waals surface area contributed by atoms with Crippen molar-refractivity contribution in [2.45, 2.75) is 13.1 Å². The number of hydrogen-bond donors (Lipinski definition) is 2. The molecule has 29 heavy (non-hydrogen) atoms. The molecule has 1 aromatic carbocycles. The first-order valence-corrected chi connectivity index (χ1v) is 8.90. The maximum Gasteiger partial charge on any atom is 0.273 e. The molecule has 2 aromatic heterocycles. The quantitative estimate of drug-likeness (QED) is 0.565. The van der Waals surface area contributed by atoms with Crippen LogP contribution in [0.1, 0.15) is 21.7 Å². The lowest BCUT2D eigenvalue weighted by Gasteiger charge is -2.02. The van der Waals surface area contributed by atoms with Crippen molar-refractivity contribution in [3.05, 3.63) is 83.7 Å². The Hall–Kier alpha value is -3.88. The second-order valence-electron chi connectivity index (χ2n) is 6.05. The molecule has 0 radical (unpaired) electrons. The molecule has 0 spiro atoms. The second-order valence-corrected chi connectivity index (χ2v) is 6.05. The third-order valence-corrected chi connectivity index (χ3v) is 3.84. The zero-order valence-corrected chi connectivity index (χ0v) is 15.5. The first kappa shape index (κ1) is 19.9. The van der Waals surface area contributed by atoms with E-state index in [0.717, 1.165) is 5.69 Å². The van der Waals surface area contributed by atoms with Gasteiger partial charge in [0.2, 0.25) is 5.91 Å². The Morgan fingerprint density at radius 2 is 2.03 bits per heavy atom. The van der Waals surface area contributed by atoms with E-state index in [4.69, 9.17) is 0 Å². The molecule has 0 saturated heterocycles. The maximum absolute atomic E-state index is 13.1. The minimum absolute atomic E-state index is 0.179. The number of benzene rings is 1. The number of hydrogen-bond acceptors (Lipinski definition) is 5. The van der Waals surface area contributed by atoms with Crippen LogP contribution in [0.3, 0.4) is 0 Å². The topological polar surface area (TPSA) is 102 Å². The van der Waals surface area contributed by atoms with Crippen molar-refractivity contribution in [1.29, 1.82) is 0 Å². The van der Waals surface area contributed by atoms with Gasteiger partial charge in [0.25, 0.3) is 5.91 Å². The smallest absolute Gasteiger partial charge is 0.273 e. The molecule has 2 amide bonds. The molecular weight excluding hydrogens is 375 g/mol. The zero-order chi connectivity index (χ0) is 20.5. The Labute approximate surface area is 166 Å². The van der Waals surface area contributed by atoms with Gasteiger partial charge in [-0.15, -0.1) is 5.10 Å². The standard InChI is InChI=1S/C20H19FN6O2/c21-16-5-3-4-15(12-16)7-8-19(28)23-10-11-27-14-18(25-26-27)20(29)24-13-17-6-1-2-9-22-17/h1-9,12,14H,10-11,13H2,(H,23,28)(H,24,29). The summed E-state index contributed by atoms with van der Waals surface area (Å²) in [6.07, 6.45) is 6.01. The summed E-state index contributed by atoms with van der Waals surface area (Å²) in [6.45, 7) is 0.935. The van der Waals surface area contributed by atoms with Gasteiger partial charge in [0.15, 0.2) is 5.69 Å². The Morgan fingerprint density at radius 3 is 2.83 bits per heavy atom. The molecule has 9 heteroatoms. The van der Waals surface area contributed by atoms with Crippen LogP contribution < -0.4 is 10.6 Å². The molecule has 0 aliphatic carbocycles. The van der Waals surface area contributed by atoms with Gasteiger partial charge >= 0.3 is 0 Å². The molecule has 0 atom stereocenters. The number of pyridine rings is 1. The van der Waals surface area contributed by atoms with E-state index in [1.54, 1.807) is 24.4 Å². The predicted molar refractivity (Wildman–Crippen MR) is 104 cm³/mol. The number of carbonyl (C=O) groups excluding carboxylic acids is 2. The summed E-state index contributed by atoms with van der Waals surface area (Å²) in [4.78, 5) is 28.0. The fourth-order valence-corrected chi connectivity index (χ4v) is 2.41. The van der Waals surface area contributed by atoms with E-state index >= 15 is 0 Å². The summed E-state index contributed by atoms with van der Waals surface area (Å²) in [7, 11) is 0. The summed E-state index contributed by atoms with van der Waals surface area (Å²) >= 11 is 0. The van der Waals surface area contributed by atoms with Crippen molar-refractivity contribution >= 4 is 17.9 Å². The van der Waals surface area contributed by atoms with Crippen LogP contribution in [0, 0.1) is 5.82 Å². The summed E-state index contributed by atoms with van der Waals surface area (Å²) in [5.74, 6) is -1.04. The molecule has 0 fully saturated rings. The first-order chi connectivity index (χ1) is 14.1. The van der Waals surface area contributed by atoms with Crippen molar-refractivity contribution in [3.8, 4) is 0 Å². The molecule has 0 aliphatic heterocycles. The Bertz CT molecular complexity index is 1000. The highest BCUT2D eigenvalue weighted by molar-refractivity contribution is 5.92. The molecule has 3 aromatic rings. The number of amides is 2. The van der Waals surface area contributed by atoms with E-state index in [1.807, 2.05) is 12.1 Å². The number of carbonyl (C=O) groups is 2. The molecule has 0 saturated carbocycles. The van der Waals surface area contributed by atoms with Crippen LogP contribution in [-0.4, -0.2) is 38.3 Å².